The second kappa shape index (κ2) is 4.18. The van der Waals surface area contributed by atoms with Gasteiger partial charge in [-0.25, -0.2) is 0 Å². The molecule has 0 saturated heterocycles. The number of para-hydroxylation sites is 1. The molecule has 0 unspecified atom stereocenters. The normalized spacial score (nSPS) is 18.1. The summed E-state index contributed by atoms with van der Waals surface area (Å²) in [4.78, 5) is 12.0. The minimum absolute atomic E-state index is 0.162. The van der Waals surface area contributed by atoms with Crippen LogP contribution in [0.15, 0.2) is 47.1 Å². The summed E-state index contributed by atoms with van der Waals surface area (Å²) in [6.07, 6.45) is 2.56. The van der Waals surface area contributed by atoms with Crippen molar-refractivity contribution in [1.82, 2.24) is 0 Å². The average Bonchev–Trinajstić information content (AvgIpc) is 2.59. The Morgan fingerprint density at radius 3 is 2.69 bits per heavy atom. The number of benzene rings is 1. The minimum Gasteiger partial charge on any atom is -0.382 e. The third-order valence-electron chi connectivity index (χ3n) is 2.32. The van der Waals surface area contributed by atoms with E-state index in [1.165, 1.54) is 5.01 Å². The van der Waals surface area contributed by atoms with E-state index in [0.717, 1.165) is 12.1 Å². The number of hydrogen-bond acceptors (Lipinski definition) is 3. The van der Waals surface area contributed by atoms with Crippen molar-refractivity contribution in [3.8, 4) is 0 Å². The molecule has 2 rings (SSSR count). The lowest BCUT2D eigenvalue weighted by Crippen LogP contribution is -2.22. The molecule has 0 aliphatic carbocycles. The molecule has 1 aliphatic rings. The third-order valence-corrected chi connectivity index (χ3v) is 2.32. The molecule has 1 heterocycles. The third kappa shape index (κ3) is 1.69. The second-order valence-electron chi connectivity index (χ2n) is 3.46. The van der Waals surface area contributed by atoms with E-state index in [-0.39, 0.29) is 11.7 Å². The molecular weight excluding hydrogens is 202 g/mol. The second-order valence-corrected chi connectivity index (χ2v) is 3.46. The van der Waals surface area contributed by atoms with Crippen LogP contribution in [0.4, 0.5) is 5.69 Å². The number of carbonyl (C=O) groups is 1. The first-order valence-electron chi connectivity index (χ1n) is 5.18. The van der Waals surface area contributed by atoms with E-state index in [0.29, 0.717) is 5.57 Å². The van der Waals surface area contributed by atoms with Crippen molar-refractivity contribution in [3.63, 3.8) is 0 Å². The lowest BCUT2D eigenvalue weighted by molar-refractivity contribution is -0.114. The maximum Gasteiger partial charge on any atom is 0.282 e. The van der Waals surface area contributed by atoms with Gasteiger partial charge in [-0.1, -0.05) is 31.2 Å². The van der Waals surface area contributed by atoms with Gasteiger partial charge < -0.3 is 5.73 Å². The number of rotatable bonds is 2. The smallest absolute Gasteiger partial charge is 0.282 e. The Morgan fingerprint density at radius 1 is 1.38 bits per heavy atom. The van der Waals surface area contributed by atoms with Crippen LogP contribution in [0.25, 0.3) is 0 Å². The number of nitrogens with two attached hydrogens (primary N) is 1. The quantitative estimate of drug-likeness (QED) is 0.762. The van der Waals surface area contributed by atoms with Gasteiger partial charge in [0, 0.05) is 0 Å². The summed E-state index contributed by atoms with van der Waals surface area (Å²) >= 11 is 0. The summed E-state index contributed by atoms with van der Waals surface area (Å²) in [6, 6.07) is 9.25. The highest BCUT2D eigenvalue weighted by molar-refractivity contribution is 6.29. The van der Waals surface area contributed by atoms with Crippen LogP contribution in [0.5, 0.6) is 0 Å². The van der Waals surface area contributed by atoms with Crippen molar-refractivity contribution in [2.45, 2.75) is 13.3 Å². The Labute approximate surface area is 94.1 Å². The van der Waals surface area contributed by atoms with Crippen LogP contribution in [-0.2, 0) is 4.79 Å². The largest absolute Gasteiger partial charge is 0.382 e. The standard InChI is InChI=1S/C12H13N3O/c1-2-6-10-11(13)14-15(12(10)16)9-7-4-3-5-8-9/h3-8H,2H2,1H3,(H2,13,14). The van der Waals surface area contributed by atoms with Crippen LogP contribution in [0.2, 0.25) is 0 Å². The number of amides is 1. The van der Waals surface area contributed by atoms with E-state index >= 15 is 0 Å². The number of allylic oxidation sites excluding steroid dienone is 1. The highest BCUT2D eigenvalue weighted by Crippen LogP contribution is 2.21. The summed E-state index contributed by atoms with van der Waals surface area (Å²) in [6.45, 7) is 1.96. The van der Waals surface area contributed by atoms with Gasteiger partial charge in [0.2, 0.25) is 0 Å². The molecule has 0 radical (unpaired) electrons. The van der Waals surface area contributed by atoms with Crippen LogP contribution in [0.3, 0.4) is 0 Å². The summed E-state index contributed by atoms with van der Waals surface area (Å²) in [5.41, 5.74) is 6.93. The molecule has 1 aromatic rings. The lowest BCUT2D eigenvalue weighted by Gasteiger charge is -2.10. The Morgan fingerprint density at radius 2 is 2.06 bits per heavy atom. The van der Waals surface area contributed by atoms with E-state index in [1.807, 2.05) is 37.3 Å². The first-order chi connectivity index (χ1) is 7.74. The molecule has 0 aromatic heterocycles. The molecule has 0 spiro atoms. The van der Waals surface area contributed by atoms with Gasteiger partial charge in [0.15, 0.2) is 5.84 Å². The number of hydrogen-bond donors (Lipinski definition) is 1. The van der Waals surface area contributed by atoms with Crippen LogP contribution in [0, 0.1) is 0 Å². The van der Waals surface area contributed by atoms with Crippen molar-refractivity contribution in [3.05, 3.63) is 42.0 Å². The van der Waals surface area contributed by atoms with Gasteiger partial charge in [-0.3, -0.25) is 4.79 Å². The summed E-state index contributed by atoms with van der Waals surface area (Å²) in [5.74, 6) is 0.126. The Kier molecular flexibility index (Phi) is 2.72. The number of anilines is 1. The fraction of sp³-hybridized carbons (Fsp3) is 0.167. The zero-order chi connectivity index (χ0) is 11.5. The Bertz CT molecular complexity index is 462. The van der Waals surface area contributed by atoms with Gasteiger partial charge in [0.25, 0.3) is 5.91 Å². The topological polar surface area (TPSA) is 58.7 Å². The van der Waals surface area contributed by atoms with Crippen LogP contribution in [-0.4, -0.2) is 11.7 Å². The average molecular weight is 215 g/mol. The molecule has 1 amide bonds. The van der Waals surface area contributed by atoms with E-state index < -0.39 is 0 Å². The minimum atomic E-state index is -0.162. The zero-order valence-corrected chi connectivity index (χ0v) is 9.05. The van der Waals surface area contributed by atoms with E-state index in [2.05, 4.69) is 5.10 Å². The first kappa shape index (κ1) is 10.4. The van der Waals surface area contributed by atoms with Gasteiger partial charge >= 0.3 is 0 Å². The highest BCUT2D eigenvalue weighted by atomic mass is 16.2. The fourth-order valence-corrected chi connectivity index (χ4v) is 1.57. The molecule has 2 N–H and O–H groups in total. The number of carbonyl (C=O) groups excluding carboxylic acids is 1. The molecule has 4 heteroatoms. The molecule has 1 aromatic carbocycles. The van der Waals surface area contributed by atoms with Gasteiger partial charge in [-0.05, 0) is 18.6 Å². The molecule has 1 aliphatic heterocycles. The molecule has 0 atom stereocenters. The SMILES string of the molecule is CCC=C1C(=O)N(c2ccccc2)N=C1N. The number of hydrazone groups is 1. The Hall–Kier alpha value is -2.10. The molecule has 4 nitrogen and oxygen atoms in total. The zero-order valence-electron chi connectivity index (χ0n) is 9.05. The predicted octanol–water partition coefficient (Wildman–Crippen LogP) is 1.64. The molecule has 0 saturated carbocycles. The van der Waals surface area contributed by atoms with Crippen LogP contribution >= 0.6 is 0 Å². The highest BCUT2D eigenvalue weighted by Gasteiger charge is 2.28. The van der Waals surface area contributed by atoms with Crippen molar-refractivity contribution in [1.29, 1.82) is 0 Å². The number of amidine groups is 1. The van der Waals surface area contributed by atoms with E-state index in [9.17, 15) is 4.79 Å². The van der Waals surface area contributed by atoms with Crippen LogP contribution in [0.1, 0.15) is 13.3 Å². The van der Waals surface area contributed by atoms with Gasteiger partial charge in [-0.2, -0.15) is 5.01 Å². The van der Waals surface area contributed by atoms with Crippen molar-refractivity contribution >= 4 is 17.4 Å². The molecule has 0 bridgehead atoms. The molecular formula is C12H13N3O. The van der Waals surface area contributed by atoms with E-state index in [1.54, 1.807) is 6.08 Å². The van der Waals surface area contributed by atoms with E-state index in [4.69, 9.17) is 5.73 Å². The van der Waals surface area contributed by atoms with Gasteiger partial charge in [0.1, 0.15) is 0 Å². The lowest BCUT2D eigenvalue weighted by atomic mass is 10.2. The maximum absolute atomic E-state index is 12.0. The fourth-order valence-electron chi connectivity index (χ4n) is 1.57. The summed E-state index contributed by atoms with van der Waals surface area (Å²) in [5, 5.41) is 5.38. The maximum atomic E-state index is 12.0. The molecule has 82 valence electrons. The van der Waals surface area contributed by atoms with Gasteiger partial charge in [0.05, 0.1) is 11.3 Å². The number of nitrogens with zero attached hydrogens (tertiary/aromatic N) is 2. The van der Waals surface area contributed by atoms with Crippen LogP contribution < -0.4 is 10.7 Å². The van der Waals surface area contributed by atoms with Gasteiger partial charge in [-0.15, -0.1) is 5.10 Å². The van der Waals surface area contributed by atoms with Crippen molar-refractivity contribution in [2.75, 3.05) is 5.01 Å². The van der Waals surface area contributed by atoms with Crippen molar-refractivity contribution < 1.29 is 4.79 Å². The van der Waals surface area contributed by atoms with Crippen molar-refractivity contribution in [2.24, 2.45) is 10.8 Å². The molecule has 16 heavy (non-hydrogen) atoms. The monoisotopic (exact) mass is 215 g/mol. The molecule has 0 fully saturated rings. The summed E-state index contributed by atoms with van der Waals surface area (Å²) < 4.78 is 0. The predicted molar refractivity (Wildman–Crippen MR) is 63.9 cm³/mol. The Balaban J connectivity index is 2.35. The first-order valence-corrected chi connectivity index (χ1v) is 5.18. The summed E-state index contributed by atoms with van der Waals surface area (Å²) in [7, 11) is 0.